The van der Waals surface area contributed by atoms with Crippen LogP contribution in [0.15, 0.2) is 30.5 Å². The van der Waals surface area contributed by atoms with Gasteiger partial charge in [0, 0.05) is 17.3 Å². The predicted octanol–water partition coefficient (Wildman–Crippen LogP) is 4.71. The van der Waals surface area contributed by atoms with Gasteiger partial charge in [-0.3, -0.25) is 0 Å². The summed E-state index contributed by atoms with van der Waals surface area (Å²) in [5.74, 6) is 0.430. The lowest BCUT2D eigenvalue weighted by Crippen LogP contribution is -2.19. The van der Waals surface area contributed by atoms with Crippen molar-refractivity contribution in [3.05, 3.63) is 46.7 Å². The highest BCUT2D eigenvalue weighted by molar-refractivity contribution is 6.31. The van der Waals surface area contributed by atoms with Crippen LogP contribution >= 0.6 is 11.6 Å². The van der Waals surface area contributed by atoms with Crippen molar-refractivity contribution in [2.75, 3.05) is 6.54 Å². The first kappa shape index (κ1) is 16.1. The van der Waals surface area contributed by atoms with Crippen LogP contribution in [-0.4, -0.2) is 16.3 Å². The number of hydrogen-bond donors (Lipinski definition) is 1. The lowest BCUT2D eigenvalue weighted by atomic mass is 10.1. The minimum atomic E-state index is 0.260. The van der Waals surface area contributed by atoms with Crippen LogP contribution < -0.4 is 5.32 Å². The molecule has 2 aromatic rings. The van der Waals surface area contributed by atoms with Gasteiger partial charge in [0.05, 0.1) is 11.4 Å². The van der Waals surface area contributed by atoms with Gasteiger partial charge in [-0.15, -0.1) is 0 Å². The molecule has 1 unspecified atom stereocenters. The summed E-state index contributed by atoms with van der Waals surface area (Å²) in [4.78, 5) is 0. The molecule has 1 aromatic heterocycles. The fourth-order valence-corrected chi connectivity index (χ4v) is 2.61. The molecule has 114 valence electrons. The van der Waals surface area contributed by atoms with Crippen LogP contribution in [0, 0.1) is 0 Å². The van der Waals surface area contributed by atoms with Crippen molar-refractivity contribution in [3.63, 3.8) is 0 Å². The molecule has 3 nitrogen and oxygen atoms in total. The van der Waals surface area contributed by atoms with E-state index in [1.54, 1.807) is 0 Å². The molecule has 4 heteroatoms. The van der Waals surface area contributed by atoms with Crippen molar-refractivity contribution in [3.8, 4) is 5.69 Å². The van der Waals surface area contributed by atoms with E-state index in [4.69, 9.17) is 11.6 Å². The second-order valence-electron chi connectivity index (χ2n) is 5.72. The number of nitrogens with zero attached hydrogens (tertiary/aromatic N) is 2. The molecule has 0 bridgehead atoms. The molecule has 0 saturated carbocycles. The first-order valence-corrected chi connectivity index (χ1v) is 7.99. The Morgan fingerprint density at radius 3 is 2.57 bits per heavy atom. The fraction of sp³-hybridized carbons (Fsp3) is 0.471. The van der Waals surface area contributed by atoms with E-state index >= 15 is 0 Å². The lowest BCUT2D eigenvalue weighted by Gasteiger charge is -2.16. The molecule has 0 aliphatic heterocycles. The van der Waals surface area contributed by atoms with Crippen LogP contribution in [0.4, 0.5) is 0 Å². The summed E-state index contributed by atoms with van der Waals surface area (Å²) >= 11 is 6.44. The summed E-state index contributed by atoms with van der Waals surface area (Å²) in [7, 11) is 0. The summed E-state index contributed by atoms with van der Waals surface area (Å²) in [5.41, 5.74) is 3.22. The van der Waals surface area contributed by atoms with Gasteiger partial charge < -0.3 is 5.32 Å². The Labute approximate surface area is 132 Å². The Bertz CT molecular complexity index is 589. The second kappa shape index (κ2) is 7.10. The SMILES string of the molecule is CCCNC(C)c1ccc(-n2ccc(C(C)C)n2)cc1Cl. The van der Waals surface area contributed by atoms with E-state index < -0.39 is 0 Å². The van der Waals surface area contributed by atoms with Crippen molar-refractivity contribution in [2.24, 2.45) is 0 Å². The average molecular weight is 306 g/mol. The summed E-state index contributed by atoms with van der Waals surface area (Å²) in [6.07, 6.45) is 3.10. The van der Waals surface area contributed by atoms with Gasteiger partial charge >= 0.3 is 0 Å². The van der Waals surface area contributed by atoms with Gasteiger partial charge in [0.1, 0.15) is 0 Å². The van der Waals surface area contributed by atoms with E-state index in [-0.39, 0.29) is 6.04 Å². The molecule has 0 saturated heterocycles. The van der Waals surface area contributed by atoms with Gasteiger partial charge in [-0.2, -0.15) is 5.10 Å². The Morgan fingerprint density at radius 1 is 1.24 bits per heavy atom. The molecule has 21 heavy (non-hydrogen) atoms. The fourth-order valence-electron chi connectivity index (χ4n) is 2.27. The third kappa shape index (κ3) is 3.86. The molecule has 1 aromatic carbocycles. The first-order chi connectivity index (χ1) is 10.0. The molecule has 0 aliphatic carbocycles. The first-order valence-electron chi connectivity index (χ1n) is 7.61. The van der Waals surface area contributed by atoms with Crippen molar-refractivity contribution in [1.29, 1.82) is 0 Å². The van der Waals surface area contributed by atoms with Gasteiger partial charge in [-0.25, -0.2) is 4.68 Å². The highest BCUT2D eigenvalue weighted by Gasteiger charge is 2.11. The number of halogens is 1. The topological polar surface area (TPSA) is 29.9 Å². The summed E-state index contributed by atoms with van der Waals surface area (Å²) < 4.78 is 1.88. The van der Waals surface area contributed by atoms with Gasteiger partial charge in [0.15, 0.2) is 0 Å². The van der Waals surface area contributed by atoms with E-state index in [0.717, 1.165) is 34.9 Å². The Morgan fingerprint density at radius 2 is 2.00 bits per heavy atom. The van der Waals surface area contributed by atoms with Crippen LogP contribution in [0.25, 0.3) is 5.69 Å². The maximum absolute atomic E-state index is 6.44. The third-order valence-electron chi connectivity index (χ3n) is 3.62. The van der Waals surface area contributed by atoms with Crippen molar-refractivity contribution in [1.82, 2.24) is 15.1 Å². The summed E-state index contributed by atoms with van der Waals surface area (Å²) in [5, 5.41) is 8.83. The molecule has 1 N–H and O–H groups in total. The smallest absolute Gasteiger partial charge is 0.0660 e. The molecule has 0 amide bonds. The standard InChI is InChI=1S/C17H24ClN3/c1-5-9-19-13(4)15-7-6-14(11-16(15)18)21-10-8-17(20-21)12(2)3/h6-8,10-13,19H,5,9H2,1-4H3. The summed E-state index contributed by atoms with van der Waals surface area (Å²) in [6, 6.07) is 8.45. The molecule has 0 aliphatic rings. The van der Waals surface area contributed by atoms with E-state index in [9.17, 15) is 0 Å². The highest BCUT2D eigenvalue weighted by Crippen LogP contribution is 2.26. The molecule has 1 heterocycles. The molecule has 0 spiro atoms. The molecular formula is C17H24ClN3. The minimum absolute atomic E-state index is 0.260. The lowest BCUT2D eigenvalue weighted by molar-refractivity contribution is 0.571. The highest BCUT2D eigenvalue weighted by atomic mass is 35.5. The predicted molar refractivity (Wildman–Crippen MR) is 89.4 cm³/mol. The van der Waals surface area contributed by atoms with E-state index in [1.165, 1.54) is 0 Å². The molecule has 1 atom stereocenters. The second-order valence-corrected chi connectivity index (χ2v) is 6.13. The van der Waals surface area contributed by atoms with Crippen molar-refractivity contribution in [2.45, 2.75) is 46.1 Å². The zero-order valence-corrected chi connectivity index (χ0v) is 14.0. The third-order valence-corrected chi connectivity index (χ3v) is 3.94. The van der Waals surface area contributed by atoms with Crippen LogP contribution in [0.2, 0.25) is 5.02 Å². The van der Waals surface area contributed by atoms with Crippen molar-refractivity contribution >= 4 is 11.6 Å². The zero-order chi connectivity index (χ0) is 15.4. The van der Waals surface area contributed by atoms with Gasteiger partial charge in [-0.1, -0.05) is 38.4 Å². The van der Waals surface area contributed by atoms with Crippen LogP contribution in [0.5, 0.6) is 0 Å². The average Bonchev–Trinajstić information content (AvgIpc) is 2.94. The monoisotopic (exact) mass is 305 g/mol. The number of hydrogen-bond acceptors (Lipinski definition) is 2. The number of benzene rings is 1. The summed E-state index contributed by atoms with van der Waals surface area (Å²) in [6.45, 7) is 9.58. The van der Waals surface area contributed by atoms with Crippen LogP contribution in [0.3, 0.4) is 0 Å². The van der Waals surface area contributed by atoms with Crippen molar-refractivity contribution < 1.29 is 0 Å². The number of nitrogens with one attached hydrogen (secondary N) is 1. The number of rotatable bonds is 6. The van der Waals surface area contributed by atoms with E-state index in [2.05, 4.69) is 56.3 Å². The minimum Gasteiger partial charge on any atom is -0.310 e. The maximum Gasteiger partial charge on any atom is 0.0660 e. The van der Waals surface area contributed by atoms with Gasteiger partial charge in [0.2, 0.25) is 0 Å². The molecular weight excluding hydrogens is 282 g/mol. The Balaban J connectivity index is 2.21. The molecule has 2 rings (SSSR count). The maximum atomic E-state index is 6.44. The van der Waals surface area contributed by atoms with E-state index in [1.807, 2.05) is 16.9 Å². The molecule has 0 radical (unpaired) electrons. The van der Waals surface area contributed by atoms with Gasteiger partial charge in [-0.05, 0) is 49.6 Å². The van der Waals surface area contributed by atoms with Gasteiger partial charge in [0.25, 0.3) is 0 Å². The zero-order valence-electron chi connectivity index (χ0n) is 13.2. The normalized spacial score (nSPS) is 12.9. The largest absolute Gasteiger partial charge is 0.310 e. The van der Waals surface area contributed by atoms with Crippen LogP contribution in [-0.2, 0) is 0 Å². The Kier molecular flexibility index (Phi) is 5.43. The Hall–Kier alpha value is -1.32. The number of aromatic nitrogens is 2. The quantitative estimate of drug-likeness (QED) is 0.837. The van der Waals surface area contributed by atoms with Crippen LogP contribution in [0.1, 0.15) is 57.3 Å². The van der Waals surface area contributed by atoms with E-state index in [0.29, 0.717) is 5.92 Å². The molecule has 0 fully saturated rings.